The van der Waals surface area contributed by atoms with Gasteiger partial charge in [0.1, 0.15) is 0 Å². The van der Waals surface area contributed by atoms with Crippen LogP contribution in [0.3, 0.4) is 0 Å². The Bertz CT molecular complexity index is 678. The van der Waals surface area contributed by atoms with Crippen molar-refractivity contribution in [2.45, 2.75) is 6.54 Å². The molecule has 3 rings (SSSR count). The quantitative estimate of drug-likeness (QED) is 0.743. The van der Waals surface area contributed by atoms with Crippen molar-refractivity contribution < 1.29 is 0 Å². The number of hydrogen-bond donors (Lipinski definition) is 1. The predicted molar refractivity (Wildman–Crippen MR) is 72.9 cm³/mol. The average molecular weight is 235 g/mol. The first-order valence-electron chi connectivity index (χ1n) is 5.88. The predicted octanol–water partition coefficient (Wildman–Crippen LogP) is 2.76. The second-order valence-electron chi connectivity index (χ2n) is 4.13. The zero-order chi connectivity index (χ0) is 12.4. The van der Waals surface area contributed by atoms with Crippen molar-refractivity contribution in [2.75, 3.05) is 0 Å². The van der Waals surface area contributed by atoms with Crippen LogP contribution < -0.4 is 5.73 Å². The van der Waals surface area contributed by atoms with Gasteiger partial charge in [0, 0.05) is 23.7 Å². The van der Waals surface area contributed by atoms with Crippen LogP contribution in [0.1, 0.15) is 5.69 Å². The Balaban J connectivity index is 2.15. The Hall–Kier alpha value is -2.26. The van der Waals surface area contributed by atoms with Gasteiger partial charge in [0.2, 0.25) is 0 Å². The van der Waals surface area contributed by atoms with Gasteiger partial charge in [-0.25, -0.2) is 4.98 Å². The molecule has 0 atom stereocenters. The van der Waals surface area contributed by atoms with Crippen molar-refractivity contribution in [1.29, 1.82) is 0 Å². The molecule has 88 valence electrons. The van der Waals surface area contributed by atoms with Crippen LogP contribution in [0.2, 0.25) is 0 Å². The largest absolute Gasteiger partial charge is 0.325 e. The summed E-state index contributed by atoms with van der Waals surface area (Å²) in [7, 11) is 0. The number of nitrogens with zero attached hydrogens (tertiary/aromatic N) is 2. The van der Waals surface area contributed by atoms with E-state index in [2.05, 4.69) is 22.1 Å². The van der Waals surface area contributed by atoms with E-state index < -0.39 is 0 Å². The summed E-state index contributed by atoms with van der Waals surface area (Å²) in [6.07, 6.45) is 1.82. The minimum absolute atomic E-state index is 0.438. The summed E-state index contributed by atoms with van der Waals surface area (Å²) >= 11 is 0. The summed E-state index contributed by atoms with van der Waals surface area (Å²) in [4.78, 5) is 8.92. The van der Waals surface area contributed by atoms with Crippen LogP contribution in [-0.4, -0.2) is 9.97 Å². The minimum Gasteiger partial charge on any atom is -0.325 e. The Labute approximate surface area is 105 Å². The SMILES string of the molecule is NCc1cc2nc(-c3ccccc3)ccc2cn1. The molecule has 3 aromatic rings. The Morgan fingerprint density at radius 1 is 1.00 bits per heavy atom. The van der Waals surface area contributed by atoms with Crippen molar-refractivity contribution in [2.24, 2.45) is 5.73 Å². The van der Waals surface area contributed by atoms with Gasteiger partial charge < -0.3 is 5.73 Å². The monoisotopic (exact) mass is 235 g/mol. The summed E-state index contributed by atoms with van der Waals surface area (Å²) in [5, 5.41) is 1.03. The van der Waals surface area contributed by atoms with E-state index in [1.54, 1.807) is 0 Å². The molecule has 0 amide bonds. The van der Waals surface area contributed by atoms with Crippen molar-refractivity contribution in [3.8, 4) is 11.3 Å². The molecule has 0 saturated carbocycles. The molecule has 0 unspecified atom stereocenters. The molecular formula is C15H13N3. The van der Waals surface area contributed by atoms with Gasteiger partial charge in [-0.3, -0.25) is 4.98 Å². The molecule has 0 aliphatic heterocycles. The van der Waals surface area contributed by atoms with Gasteiger partial charge in [0.15, 0.2) is 0 Å². The number of aromatic nitrogens is 2. The van der Waals surface area contributed by atoms with Gasteiger partial charge >= 0.3 is 0 Å². The Kier molecular flexibility index (Phi) is 2.74. The molecular weight excluding hydrogens is 222 g/mol. The van der Waals surface area contributed by atoms with E-state index in [0.717, 1.165) is 27.9 Å². The normalized spacial score (nSPS) is 10.7. The molecule has 0 bridgehead atoms. The molecule has 0 fully saturated rings. The topological polar surface area (TPSA) is 51.8 Å². The highest BCUT2D eigenvalue weighted by atomic mass is 14.8. The van der Waals surface area contributed by atoms with E-state index in [1.807, 2.05) is 42.6 Å². The molecule has 2 heterocycles. The maximum absolute atomic E-state index is 5.60. The lowest BCUT2D eigenvalue weighted by atomic mass is 10.1. The van der Waals surface area contributed by atoms with Crippen LogP contribution in [0.5, 0.6) is 0 Å². The van der Waals surface area contributed by atoms with Crippen molar-refractivity contribution >= 4 is 10.9 Å². The molecule has 0 aliphatic rings. The molecule has 2 N–H and O–H groups in total. The van der Waals surface area contributed by atoms with Crippen LogP contribution in [0.25, 0.3) is 22.2 Å². The summed E-state index contributed by atoms with van der Waals surface area (Å²) in [5.41, 5.74) is 9.48. The summed E-state index contributed by atoms with van der Waals surface area (Å²) in [6, 6.07) is 16.1. The molecule has 18 heavy (non-hydrogen) atoms. The zero-order valence-corrected chi connectivity index (χ0v) is 9.88. The van der Waals surface area contributed by atoms with E-state index >= 15 is 0 Å². The molecule has 1 aromatic carbocycles. The number of rotatable bonds is 2. The van der Waals surface area contributed by atoms with E-state index in [4.69, 9.17) is 5.73 Å². The fraction of sp³-hybridized carbons (Fsp3) is 0.0667. The van der Waals surface area contributed by atoms with Gasteiger partial charge in [-0.1, -0.05) is 30.3 Å². The van der Waals surface area contributed by atoms with Crippen molar-refractivity contribution in [3.63, 3.8) is 0 Å². The third-order valence-corrected chi connectivity index (χ3v) is 2.91. The molecule has 0 spiro atoms. The van der Waals surface area contributed by atoms with Gasteiger partial charge in [-0.05, 0) is 18.2 Å². The van der Waals surface area contributed by atoms with E-state index in [-0.39, 0.29) is 0 Å². The fourth-order valence-electron chi connectivity index (χ4n) is 1.94. The third kappa shape index (κ3) is 1.96. The Morgan fingerprint density at radius 3 is 2.61 bits per heavy atom. The van der Waals surface area contributed by atoms with Crippen LogP contribution in [0.15, 0.2) is 54.7 Å². The first-order valence-corrected chi connectivity index (χ1v) is 5.88. The van der Waals surface area contributed by atoms with Crippen LogP contribution in [0, 0.1) is 0 Å². The van der Waals surface area contributed by atoms with Crippen LogP contribution >= 0.6 is 0 Å². The summed E-state index contributed by atoms with van der Waals surface area (Å²) < 4.78 is 0. The number of fused-ring (bicyclic) bond motifs is 1. The summed E-state index contributed by atoms with van der Waals surface area (Å²) in [6.45, 7) is 0.438. The molecule has 3 heteroatoms. The lowest BCUT2D eigenvalue weighted by Crippen LogP contribution is -1.99. The van der Waals surface area contributed by atoms with E-state index in [9.17, 15) is 0 Å². The average Bonchev–Trinajstić information content (AvgIpc) is 2.47. The number of hydrogen-bond acceptors (Lipinski definition) is 3. The van der Waals surface area contributed by atoms with Gasteiger partial charge in [-0.2, -0.15) is 0 Å². The standard InChI is InChI=1S/C15H13N3/c16-9-13-8-15-12(10-17-13)6-7-14(18-15)11-4-2-1-3-5-11/h1-8,10H,9,16H2. The van der Waals surface area contributed by atoms with Crippen molar-refractivity contribution in [3.05, 3.63) is 60.4 Å². The maximum Gasteiger partial charge on any atom is 0.0743 e. The molecule has 3 nitrogen and oxygen atoms in total. The van der Waals surface area contributed by atoms with Gasteiger partial charge in [0.25, 0.3) is 0 Å². The highest BCUT2D eigenvalue weighted by Gasteiger charge is 2.02. The third-order valence-electron chi connectivity index (χ3n) is 2.91. The number of nitrogens with two attached hydrogens (primary N) is 1. The van der Waals surface area contributed by atoms with E-state index in [1.165, 1.54) is 0 Å². The minimum atomic E-state index is 0.438. The zero-order valence-electron chi connectivity index (χ0n) is 9.88. The van der Waals surface area contributed by atoms with Crippen LogP contribution in [0.4, 0.5) is 0 Å². The van der Waals surface area contributed by atoms with Crippen LogP contribution in [-0.2, 0) is 6.54 Å². The van der Waals surface area contributed by atoms with Gasteiger partial charge in [0.05, 0.1) is 16.9 Å². The first kappa shape index (κ1) is 10.9. The molecule has 0 radical (unpaired) electrons. The second-order valence-corrected chi connectivity index (χ2v) is 4.13. The highest BCUT2D eigenvalue weighted by Crippen LogP contribution is 2.20. The Morgan fingerprint density at radius 2 is 1.83 bits per heavy atom. The van der Waals surface area contributed by atoms with Crippen molar-refractivity contribution in [1.82, 2.24) is 9.97 Å². The highest BCUT2D eigenvalue weighted by molar-refractivity contribution is 5.81. The molecule has 0 saturated heterocycles. The van der Waals surface area contributed by atoms with Gasteiger partial charge in [-0.15, -0.1) is 0 Å². The first-order chi connectivity index (χ1) is 8.86. The molecule has 2 aromatic heterocycles. The summed E-state index contributed by atoms with van der Waals surface area (Å²) in [5.74, 6) is 0. The molecule has 0 aliphatic carbocycles. The second kappa shape index (κ2) is 4.55. The number of pyridine rings is 2. The lowest BCUT2D eigenvalue weighted by molar-refractivity contribution is 0.996. The lowest BCUT2D eigenvalue weighted by Gasteiger charge is -2.04. The fourth-order valence-corrected chi connectivity index (χ4v) is 1.94. The smallest absolute Gasteiger partial charge is 0.0743 e. The van der Waals surface area contributed by atoms with E-state index in [0.29, 0.717) is 6.54 Å². The maximum atomic E-state index is 5.60. The number of benzene rings is 1.